The zero-order valence-corrected chi connectivity index (χ0v) is 21.3. The Morgan fingerprint density at radius 2 is 1.97 bits per heavy atom. The van der Waals surface area contributed by atoms with E-state index < -0.39 is 18.0 Å². The summed E-state index contributed by atoms with van der Waals surface area (Å²) in [4.78, 5) is 44.2. The number of hydrogen-bond acceptors (Lipinski definition) is 9. The molecule has 0 spiro atoms. The van der Waals surface area contributed by atoms with E-state index in [0.717, 1.165) is 4.88 Å². The first-order valence-electron chi connectivity index (χ1n) is 11.0. The lowest BCUT2D eigenvalue weighted by Crippen LogP contribution is -2.39. The minimum atomic E-state index is -0.790. The van der Waals surface area contributed by atoms with Crippen molar-refractivity contribution in [2.75, 3.05) is 13.2 Å². The highest BCUT2D eigenvalue weighted by molar-refractivity contribution is 7.11. The van der Waals surface area contributed by atoms with Crippen LogP contribution in [0.2, 0.25) is 0 Å². The molecule has 0 bridgehead atoms. The molecule has 3 aromatic rings. The second kappa shape index (κ2) is 10.4. The van der Waals surface area contributed by atoms with Crippen molar-refractivity contribution >= 4 is 40.7 Å². The normalized spacial score (nSPS) is 15.4. The Morgan fingerprint density at radius 3 is 2.63 bits per heavy atom. The smallest absolute Gasteiger partial charge is 0.338 e. The molecule has 1 atom stereocenters. The number of ether oxygens (including phenoxy) is 3. The minimum absolute atomic E-state index is 0.181. The topological polar surface area (TPSA) is 96.2 Å². The molecule has 0 fully saturated rings. The van der Waals surface area contributed by atoms with Crippen LogP contribution in [0.15, 0.2) is 56.8 Å². The van der Waals surface area contributed by atoms with Crippen molar-refractivity contribution in [3.8, 4) is 11.5 Å². The molecule has 0 saturated carbocycles. The molecule has 2 aromatic heterocycles. The number of nitrogens with zero attached hydrogens (tertiary/aromatic N) is 2. The molecule has 4 rings (SSSR count). The molecular formula is C25H24N2O6S2. The van der Waals surface area contributed by atoms with Gasteiger partial charge in [-0.3, -0.25) is 14.2 Å². The van der Waals surface area contributed by atoms with Crippen molar-refractivity contribution in [1.82, 2.24) is 4.57 Å². The Hall–Kier alpha value is -3.50. The van der Waals surface area contributed by atoms with Crippen molar-refractivity contribution in [2.45, 2.75) is 33.7 Å². The Balaban J connectivity index is 1.95. The number of fused-ring (bicyclic) bond motifs is 1. The fourth-order valence-electron chi connectivity index (χ4n) is 3.81. The van der Waals surface area contributed by atoms with Crippen LogP contribution in [-0.2, 0) is 14.3 Å². The van der Waals surface area contributed by atoms with Gasteiger partial charge in [0.15, 0.2) is 16.3 Å². The van der Waals surface area contributed by atoms with Crippen LogP contribution in [0.3, 0.4) is 0 Å². The molecule has 0 radical (unpaired) electrons. The third kappa shape index (κ3) is 4.98. The lowest BCUT2D eigenvalue weighted by Gasteiger charge is -2.25. The first-order valence-corrected chi connectivity index (χ1v) is 12.7. The Morgan fingerprint density at radius 1 is 1.17 bits per heavy atom. The van der Waals surface area contributed by atoms with Gasteiger partial charge in [-0.15, -0.1) is 11.3 Å². The van der Waals surface area contributed by atoms with E-state index in [2.05, 4.69) is 4.99 Å². The largest absolute Gasteiger partial charge is 0.490 e. The number of carbonyl (C=O) groups excluding carboxylic acids is 2. The van der Waals surface area contributed by atoms with Gasteiger partial charge in [-0.25, -0.2) is 9.79 Å². The molecule has 0 N–H and O–H groups in total. The van der Waals surface area contributed by atoms with Gasteiger partial charge in [0, 0.05) is 11.8 Å². The number of allylic oxidation sites excluding steroid dienone is 1. The zero-order chi connectivity index (χ0) is 25.1. The maximum atomic E-state index is 13.6. The Bertz CT molecular complexity index is 1480. The summed E-state index contributed by atoms with van der Waals surface area (Å²) in [6.07, 6.45) is 1.82. The van der Waals surface area contributed by atoms with E-state index in [-0.39, 0.29) is 23.5 Å². The molecule has 0 aliphatic carbocycles. The van der Waals surface area contributed by atoms with Gasteiger partial charge in [-0.2, -0.15) is 0 Å². The van der Waals surface area contributed by atoms with Crippen molar-refractivity contribution in [2.24, 2.45) is 4.99 Å². The SMILES string of the molecule is CCOC(=O)C1=C(C)N=c2s/c(=C\c3cccs3)c(=O)n2C1c1ccc(OC(C)=O)c(OCC)c1. The summed E-state index contributed by atoms with van der Waals surface area (Å²) in [6, 6.07) is 8.04. The molecular weight excluding hydrogens is 488 g/mol. The summed E-state index contributed by atoms with van der Waals surface area (Å²) in [7, 11) is 0. The third-order valence-corrected chi connectivity index (χ3v) is 6.97. The predicted molar refractivity (Wildman–Crippen MR) is 134 cm³/mol. The fourth-order valence-corrected chi connectivity index (χ4v) is 5.58. The van der Waals surface area contributed by atoms with Gasteiger partial charge in [0.25, 0.3) is 5.56 Å². The summed E-state index contributed by atoms with van der Waals surface area (Å²) in [5, 5.41) is 1.94. The number of carbonyl (C=O) groups is 2. The summed E-state index contributed by atoms with van der Waals surface area (Å²) in [5.74, 6) is -0.443. The molecule has 8 nitrogen and oxygen atoms in total. The van der Waals surface area contributed by atoms with Crippen LogP contribution in [0, 0.1) is 0 Å². The van der Waals surface area contributed by atoms with E-state index in [9.17, 15) is 14.4 Å². The fraction of sp³-hybridized carbons (Fsp3) is 0.280. The average Bonchev–Trinajstić information content (AvgIpc) is 3.42. The minimum Gasteiger partial charge on any atom is -0.490 e. The van der Waals surface area contributed by atoms with Crippen LogP contribution >= 0.6 is 22.7 Å². The molecule has 10 heteroatoms. The number of hydrogen-bond donors (Lipinski definition) is 0. The van der Waals surface area contributed by atoms with Crippen molar-refractivity contribution in [3.05, 3.63) is 77.1 Å². The van der Waals surface area contributed by atoms with E-state index >= 15 is 0 Å². The van der Waals surface area contributed by atoms with Crippen LogP contribution in [0.4, 0.5) is 0 Å². The molecule has 1 unspecified atom stereocenters. The van der Waals surface area contributed by atoms with E-state index in [1.54, 1.807) is 32.0 Å². The van der Waals surface area contributed by atoms with Crippen molar-refractivity contribution in [1.29, 1.82) is 0 Å². The number of thiophene rings is 1. The van der Waals surface area contributed by atoms with Gasteiger partial charge in [0.1, 0.15) is 0 Å². The molecule has 35 heavy (non-hydrogen) atoms. The maximum Gasteiger partial charge on any atom is 0.338 e. The lowest BCUT2D eigenvalue weighted by molar-refractivity contribution is -0.139. The number of esters is 2. The lowest BCUT2D eigenvalue weighted by atomic mass is 9.95. The summed E-state index contributed by atoms with van der Waals surface area (Å²) in [5.41, 5.74) is 1.08. The highest BCUT2D eigenvalue weighted by Gasteiger charge is 2.34. The predicted octanol–water partition coefficient (Wildman–Crippen LogP) is 3.18. The number of rotatable bonds is 7. The summed E-state index contributed by atoms with van der Waals surface area (Å²) in [6.45, 7) is 7.08. The molecule has 0 saturated heterocycles. The highest BCUT2D eigenvalue weighted by atomic mass is 32.1. The second-order valence-corrected chi connectivity index (χ2v) is 9.54. The van der Waals surface area contributed by atoms with Gasteiger partial charge < -0.3 is 14.2 Å². The van der Waals surface area contributed by atoms with Gasteiger partial charge in [0.2, 0.25) is 0 Å². The van der Waals surface area contributed by atoms with Crippen LogP contribution in [-0.4, -0.2) is 29.7 Å². The Kier molecular flexibility index (Phi) is 7.32. The van der Waals surface area contributed by atoms with Gasteiger partial charge in [0.05, 0.1) is 35.1 Å². The standard InChI is InChI=1S/C25H24N2O6S2/c1-5-31-19-12-16(9-10-18(19)33-15(4)28)22-21(24(30)32-6-2)14(3)26-25-27(22)23(29)20(35-25)13-17-8-7-11-34-17/h7-13,22H,5-6H2,1-4H3/b20-13-. The summed E-state index contributed by atoms with van der Waals surface area (Å²) < 4.78 is 18.3. The Labute approximate surface area is 209 Å². The second-order valence-electron chi connectivity index (χ2n) is 7.55. The van der Waals surface area contributed by atoms with E-state index in [1.165, 1.54) is 34.2 Å². The first kappa shape index (κ1) is 24.6. The van der Waals surface area contributed by atoms with E-state index in [0.29, 0.717) is 33.0 Å². The van der Waals surface area contributed by atoms with Crippen LogP contribution in [0.25, 0.3) is 6.08 Å². The monoisotopic (exact) mass is 512 g/mol. The van der Waals surface area contributed by atoms with Gasteiger partial charge in [-0.1, -0.05) is 23.5 Å². The molecule has 3 heterocycles. The number of thiazole rings is 1. The zero-order valence-electron chi connectivity index (χ0n) is 19.7. The van der Waals surface area contributed by atoms with Crippen LogP contribution in [0.5, 0.6) is 11.5 Å². The molecule has 1 aliphatic heterocycles. The van der Waals surface area contributed by atoms with Crippen molar-refractivity contribution in [3.63, 3.8) is 0 Å². The third-order valence-electron chi connectivity index (χ3n) is 5.17. The average molecular weight is 513 g/mol. The molecule has 1 aromatic carbocycles. The molecule has 0 amide bonds. The highest BCUT2D eigenvalue weighted by Crippen LogP contribution is 2.36. The van der Waals surface area contributed by atoms with Crippen LogP contribution < -0.4 is 24.4 Å². The van der Waals surface area contributed by atoms with Crippen molar-refractivity contribution < 1.29 is 23.8 Å². The molecule has 182 valence electrons. The molecule has 1 aliphatic rings. The first-order chi connectivity index (χ1) is 16.8. The van der Waals surface area contributed by atoms with E-state index in [4.69, 9.17) is 14.2 Å². The summed E-state index contributed by atoms with van der Waals surface area (Å²) >= 11 is 2.79. The number of aromatic nitrogens is 1. The maximum absolute atomic E-state index is 13.6. The quantitative estimate of drug-likeness (QED) is 0.356. The van der Waals surface area contributed by atoms with E-state index in [1.807, 2.05) is 30.5 Å². The number of benzene rings is 1. The van der Waals surface area contributed by atoms with Gasteiger partial charge >= 0.3 is 11.9 Å². The van der Waals surface area contributed by atoms with Gasteiger partial charge in [-0.05, 0) is 56.0 Å². The van der Waals surface area contributed by atoms with Crippen LogP contribution in [0.1, 0.15) is 44.2 Å².